The average Bonchev–Trinajstić information content (AvgIpc) is 3.58. The first-order chi connectivity index (χ1) is 17.7. The number of aromatic carboxylic acids is 1. The molecule has 2 N–H and O–H groups in total. The summed E-state index contributed by atoms with van der Waals surface area (Å²) in [7, 11) is 0. The van der Waals surface area contributed by atoms with Gasteiger partial charge in [0.15, 0.2) is 11.6 Å². The molecule has 1 aliphatic rings. The molecule has 12 heteroatoms. The molecule has 194 valence electrons. The highest BCUT2D eigenvalue weighted by molar-refractivity contribution is 7.19. The molecular weight excluding hydrogens is 521 g/mol. The van der Waals surface area contributed by atoms with Crippen molar-refractivity contribution in [3.8, 4) is 10.6 Å². The van der Waals surface area contributed by atoms with Crippen LogP contribution < -0.4 is 5.32 Å². The molecule has 1 saturated heterocycles. The summed E-state index contributed by atoms with van der Waals surface area (Å²) in [6.07, 6.45) is 1.57. The quantitative estimate of drug-likeness (QED) is 0.340. The van der Waals surface area contributed by atoms with Crippen molar-refractivity contribution in [3.05, 3.63) is 57.6 Å². The van der Waals surface area contributed by atoms with Gasteiger partial charge >= 0.3 is 5.97 Å². The largest absolute Gasteiger partial charge is 0.478 e. The lowest BCUT2D eigenvalue weighted by atomic mass is 10.0. The van der Waals surface area contributed by atoms with Crippen molar-refractivity contribution in [1.29, 1.82) is 0 Å². The Morgan fingerprint density at radius 2 is 2.03 bits per heavy atom. The minimum atomic E-state index is -1.46. The number of halogens is 2. The number of amides is 1. The van der Waals surface area contributed by atoms with E-state index in [9.17, 15) is 19.1 Å². The van der Waals surface area contributed by atoms with Gasteiger partial charge in [-0.15, -0.1) is 11.3 Å². The summed E-state index contributed by atoms with van der Waals surface area (Å²) in [4.78, 5) is 32.7. The molecule has 5 rings (SSSR count). The predicted octanol–water partition coefficient (Wildman–Crippen LogP) is 4.89. The van der Waals surface area contributed by atoms with Gasteiger partial charge in [0.25, 0.3) is 5.91 Å². The number of piperidine rings is 1. The highest BCUT2D eigenvalue weighted by Crippen LogP contribution is 2.32. The van der Waals surface area contributed by atoms with E-state index in [0.29, 0.717) is 27.3 Å². The molecule has 0 unspecified atom stereocenters. The van der Waals surface area contributed by atoms with Crippen LogP contribution in [0.5, 0.6) is 0 Å². The Morgan fingerprint density at radius 1 is 1.27 bits per heavy atom. The van der Waals surface area contributed by atoms with E-state index in [1.165, 1.54) is 17.4 Å². The number of carboxylic acids is 1. The van der Waals surface area contributed by atoms with Crippen molar-refractivity contribution in [3.63, 3.8) is 0 Å². The highest BCUT2D eigenvalue weighted by Gasteiger charge is 2.28. The summed E-state index contributed by atoms with van der Waals surface area (Å²) in [6.45, 7) is 6.08. The van der Waals surface area contributed by atoms with Crippen LogP contribution in [0, 0.1) is 5.82 Å². The monoisotopic (exact) mass is 545 g/mol. The number of carbonyl (C=O) groups is 2. The Labute approximate surface area is 220 Å². The minimum Gasteiger partial charge on any atom is -0.478 e. The van der Waals surface area contributed by atoms with E-state index in [4.69, 9.17) is 16.1 Å². The summed E-state index contributed by atoms with van der Waals surface area (Å²) >= 11 is 7.37. The van der Waals surface area contributed by atoms with Gasteiger partial charge in [0.2, 0.25) is 0 Å². The number of hydrogen-bond donors (Lipinski definition) is 2. The number of likely N-dealkylation sites (tertiary alicyclic amines) is 1. The summed E-state index contributed by atoms with van der Waals surface area (Å²) in [5.74, 6) is -2.34. The molecule has 9 nitrogen and oxygen atoms in total. The first-order valence-electron chi connectivity index (χ1n) is 11.9. The van der Waals surface area contributed by atoms with Gasteiger partial charge in [-0.05, 0) is 51.0 Å². The molecule has 1 aliphatic heterocycles. The molecule has 1 aromatic carbocycles. The number of hydrogen-bond acceptors (Lipinski definition) is 7. The van der Waals surface area contributed by atoms with Crippen LogP contribution in [0.15, 0.2) is 34.9 Å². The van der Waals surface area contributed by atoms with Gasteiger partial charge < -0.3 is 24.4 Å². The lowest BCUT2D eigenvalue weighted by molar-refractivity contribution is 0.0693. The van der Waals surface area contributed by atoms with E-state index in [0.717, 1.165) is 36.9 Å². The zero-order valence-electron chi connectivity index (χ0n) is 20.2. The summed E-state index contributed by atoms with van der Waals surface area (Å²) < 4.78 is 22.1. The second-order valence-corrected chi connectivity index (χ2v) is 11.0. The molecule has 4 heterocycles. The Morgan fingerprint density at radius 3 is 2.68 bits per heavy atom. The zero-order valence-corrected chi connectivity index (χ0v) is 21.8. The van der Waals surface area contributed by atoms with Crippen LogP contribution in [0.3, 0.4) is 0 Å². The molecule has 4 aromatic rings. The topological polar surface area (TPSA) is 113 Å². The predicted molar refractivity (Wildman–Crippen MR) is 138 cm³/mol. The number of rotatable bonds is 7. The Kier molecular flexibility index (Phi) is 7.02. The maximum Gasteiger partial charge on any atom is 0.340 e. The normalized spacial score (nSPS) is 15.1. The summed E-state index contributed by atoms with van der Waals surface area (Å²) in [6, 6.07) is 8.16. The van der Waals surface area contributed by atoms with Crippen LogP contribution in [0.25, 0.3) is 21.7 Å². The van der Waals surface area contributed by atoms with Crippen LogP contribution in [-0.2, 0) is 6.54 Å². The number of thiophene rings is 1. The van der Waals surface area contributed by atoms with Gasteiger partial charge in [-0.2, -0.15) is 0 Å². The van der Waals surface area contributed by atoms with Gasteiger partial charge in [0.1, 0.15) is 22.6 Å². The molecule has 0 bridgehead atoms. The van der Waals surface area contributed by atoms with E-state index >= 15 is 0 Å². The number of aromatic nitrogens is 3. The van der Waals surface area contributed by atoms with E-state index in [2.05, 4.69) is 34.2 Å². The zero-order chi connectivity index (χ0) is 26.3. The van der Waals surface area contributed by atoms with Crippen molar-refractivity contribution < 1.29 is 23.6 Å². The lowest BCUT2D eigenvalue weighted by Gasteiger charge is -2.34. The standard InChI is InChI=1S/C25H25ClFN5O4S/c1-13(2)31-9-7-14(8-10-31)28-24(33)23-29-22-17(4-3-16(27)21(22)25(34)35)32(23)12-15-11-18(36-30-15)19-5-6-20(26)37-19/h3-6,11,13-14H,7-10,12H2,1-2H3,(H,28,33)(H,34,35). The molecule has 0 aliphatic carbocycles. The number of nitrogens with one attached hydrogen (secondary N) is 1. The Balaban J connectivity index is 1.48. The van der Waals surface area contributed by atoms with Gasteiger partial charge in [0.05, 0.1) is 21.3 Å². The van der Waals surface area contributed by atoms with Crippen molar-refractivity contribution in [2.45, 2.75) is 45.3 Å². The fourth-order valence-corrected chi connectivity index (χ4v) is 5.62. The van der Waals surface area contributed by atoms with E-state index in [-0.39, 0.29) is 23.9 Å². The second-order valence-electron chi connectivity index (χ2n) is 9.28. The fraction of sp³-hybridized carbons (Fsp3) is 0.360. The number of benzene rings is 1. The number of carbonyl (C=O) groups excluding carboxylic acids is 1. The Bertz CT molecular complexity index is 1470. The molecule has 0 atom stereocenters. The van der Waals surface area contributed by atoms with Gasteiger partial charge in [-0.1, -0.05) is 16.8 Å². The maximum absolute atomic E-state index is 14.4. The molecule has 1 fully saturated rings. The highest BCUT2D eigenvalue weighted by atomic mass is 35.5. The van der Waals surface area contributed by atoms with Crippen molar-refractivity contribution in [2.24, 2.45) is 0 Å². The first kappa shape index (κ1) is 25.4. The van der Waals surface area contributed by atoms with E-state index in [1.54, 1.807) is 16.7 Å². The van der Waals surface area contributed by atoms with Gasteiger partial charge in [-0.3, -0.25) is 4.79 Å². The van der Waals surface area contributed by atoms with Crippen LogP contribution >= 0.6 is 22.9 Å². The Hall–Kier alpha value is -3.28. The fourth-order valence-electron chi connectivity index (χ4n) is 4.63. The van der Waals surface area contributed by atoms with Crippen molar-refractivity contribution in [1.82, 2.24) is 24.9 Å². The molecule has 1 amide bonds. The molecule has 0 radical (unpaired) electrons. The van der Waals surface area contributed by atoms with Gasteiger partial charge in [0, 0.05) is 31.2 Å². The molecular formula is C25H25ClFN5O4S. The summed E-state index contributed by atoms with van der Waals surface area (Å²) in [5, 5.41) is 16.8. The molecule has 0 saturated carbocycles. The maximum atomic E-state index is 14.4. The van der Waals surface area contributed by atoms with Crippen LogP contribution in [0.1, 0.15) is 53.4 Å². The van der Waals surface area contributed by atoms with Crippen molar-refractivity contribution >= 4 is 45.8 Å². The van der Waals surface area contributed by atoms with Crippen molar-refractivity contribution in [2.75, 3.05) is 13.1 Å². The van der Waals surface area contributed by atoms with Crippen LogP contribution in [0.4, 0.5) is 4.39 Å². The van der Waals surface area contributed by atoms with E-state index < -0.39 is 23.3 Å². The third kappa shape index (κ3) is 5.11. The number of imidazole rings is 1. The third-order valence-electron chi connectivity index (χ3n) is 6.58. The minimum absolute atomic E-state index is 0.0156. The molecule has 37 heavy (non-hydrogen) atoms. The summed E-state index contributed by atoms with van der Waals surface area (Å²) in [5.41, 5.74) is 0.118. The SMILES string of the molecule is CC(C)N1CCC(NC(=O)c2nc3c(C(=O)O)c(F)ccc3n2Cc2cc(-c3ccc(Cl)s3)on2)CC1. The third-order valence-corrected chi connectivity index (χ3v) is 7.82. The lowest BCUT2D eigenvalue weighted by Crippen LogP contribution is -2.47. The first-order valence-corrected chi connectivity index (χ1v) is 13.1. The molecule has 0 spiro atoms. The number of carboxylic acid groups (broad SMARTS) is 1. The molecule has 3 aromatic heterocycles. The smallest absolute Gasteiger partial charge is 0.340 e. The van der Waals surface area contributed by atoms with Crippen LogP contribution in [-0.4, -0.2) is 61.8 Å². The number of fused-ring (bicyclic) bond motifs is 1. The second kappa shape index (κ2) is 10.2. The van der Waals surface area contributed by atoms with Gasteiger partial charge in [-0.25, -0.2) is 14.2 Å². The van der Waals surface area contributed by atoms with E-state index in [1.807, 2.05) is 6.07 Å². The number of nitrogens with zero attached hydrogens (tertiary/aromatic N) is 4. The van der Waals surface area contributed by atoms with Crippen LogP contribution in [0.2, 0.25) is 4.34 Å². The average molecular weight is 546 g/mol.